The highest BCUT2D eigenvalue weighted by atomic mass is 35.5. The van der Waals surface area contributed by atoms with E-state index in [-0.39, 0.29) is 17.9 Å². The molecule has 1 saturated heterocycles. The molecule has 1 saturated carbocycles. The molecule has 6 nitrogen and oxygen atoms in total. The van der Waals surface area contributed by atoms with Crippen LogP contribution in [0.25, 0.3) is 0 Å². The Balaban J connectivity index is 1.37. The number of benzene rings is 1. The molecule has 1 aromatic carbocycles. The van der Waals surface area contributed by atoms with Crippen molar-refractivity contribution in [2.45, 2.75) is 31.8 Å². The van der Waals surface area contributed by atoms with Crippen molar-refractivity contribution in [1.82, 2.24) is 20.4 Å². The third-order valence-electron chi connectivity index (χ3n) is 4.89. The van der Waals surface area contributed by atoms with Gasteiger partial charge in [-0.15, -0.1) is 0 Å². The number of halogens is 1. The van der Waals surface area contributed by atoms with Crippen molar-refractivity contribution in [3.63, 3.8) is 0 Å². The smallest absolute Gasteiger partial charge is 0.234 e. The van der Waals surface area contributed by atoms with Crippen LogP contribution in [0.2, 0.25) is 5.02 Å². The molecule has 0 bridgehead atoms. The summed E-state index contributed by atoms with van der Waals surface area (Å²) >= 11 is 6.19. The Hall–Kier alpha value is -1.63. The lowest BCUT2D eigenvalue weighted by Gasteiger charge is -2.34. The molecular formula is C19H27ClN4O2. The van der Waals surface area contributed by atoms with Crippen molar-refractivity contribution < 1.29 is 9.59 Å². The van der Waals surface area contributed by atoms with Gasteiger partial charge in [0.05, 0.1) is 19.1 Å². The Morgan fingerprint density at radius 3 is 2.23 bits per heavy atom. The van der Waals surface area contributed by atoms with Crippen molar-refractivity contribution in [3.05, 3.63) is 34.9 Å². The molecule has 3 rings (SSSR count). The highest BCUT2D eigenvalue weighted by molar-refractivity contribution is 6.31. The first-order chi connectivity index (χ1) is 12.5. The quantitative estimate of drug-likeness (QED) is 0.753. The van der Waals surface area contributed by atoms with Gasteiger partial charge in [-0.1, -0.05) is 29.8 Å². The van der Waals surface area contributed by atoms with Crippen molar-refractivity contribution >= 4 is 23.4 Å². The van der Waals surface area contributed by atoms with Crippen LogP contribution in [0, 0.1) is 0 Å². The number of hydrogen-bond donors (Lipinski definition) is 2. The van der Waals surface area contributed by atoms with Crippen LogP contribution < -0.4 is 10.6 Å². The van der Waals surface area contributed by atoms with Gasteiger partial charge in [-0.3, -0.25) is 19.4 Å². The van der Waals surface area contributed by atoms with Gasteiger partial charge in [-0.25, -0.2) is 0 Å². The van der Waals surface area contributed by atoms with Gasteiger partial charge in [0.1, 0.15) is 0 Å². The van der Waals surface area contributed by atoms with E-state index in [1.807, 2.05) is 31.2 Å². The van der Waals surface area contributed by atoms with E-state index in [2.05, 4.69) is 20.4 Å². The van der Waals surface area contributed by atoms with E-state index in [9.17, 15) is 9.59 Å². The topological polar surface area (TPSA) is 64.7 Å². The second kappa shape index (κ2) is 8.84. The third-order valence-corrected chi connectivity index (χ3v) is 5.24. The van der Waals surface area contributed by atoms with Gasteiger partial charge in [-0.05, 0) is 31.4 Å². The SMILES string of the molecule is CC(NC(=O)CN1CCN(CC(=O)NC2CC2)CC1)c1ccccc1Cl. The molecule has 1 atom stereocenters. The molecule has 1 aromatic rings. The molecule has 2 aliphatic rings. The first kappa shape index (κ1) is 19.1. The zero-order valence-corrected chi connectivity index (χ0v) is 16.0. The number of carbonyl (C=O) groups excluding carboxylic acids is 2. The van der Waals surface area contributed by atoms with E-state index >= 15 is 0 Å². The number of carbonyl (C=O) groups is 2. The summed E-state index contributed by atoms with van der Waals surface area (Å²) in [5, 5.41) is 6.70. The highest BCUT2D eigenvalue weighted by Crippen LogP contribution is 2.22. The first-order valence-electron chi connectivity index (χ1n) is 9.29. The normalized spacial score (nSPS) is 19.8. The molecule has 26 heavy (non-hydrogen) atoms. The van der Waals surface area contributed by atoms with Crippen molar-refractivity contribution in [2.75, 3.05) is 39.3 Å². The lowest BCUT2D eigenvalue weighted by molar-refractivity contribution is -0.125. The second-order valence-corrected chi connectivity index (χ2v) is 7.61. The average Bonchev–Trinajstić information content (AvgIpc) is 3.40. The van der Waals surface area contributed by atoms with E-state index in [1.165, 1.54) is 0 Å². The molecule has 1 unspecified atom stereocenters. The molecule has 0 aromatic heterocycles. The summed E-state index contributed by atoms with van der Waals surface area (Å²) in [6, 6.07) is 7.85. The predicted octanol–water partition coefficient (Wildman–Crippen LogP) is 1.41. The Morgan fingerprint density at radius 2 is 1.65 bits per heavy atom. The Morgan fingerprint density at radius 1 is 1.08 bits per heavy atom. The molecule has 0 spiro atoms. The van der Waals surface area contributed by atoms with Gasteiger partial charge in [0.2, 0.25) is 11.8 Å². The number of nitrogens with zero attached hydrogens (tertiary/aromatic N) is 2. The van der Waals surface area contributed by atoms with E-state index in [1.54, 1.807) is 0 Å². The highest BCUT2D eigenvalue weighted by Gasteiger charge is 2.25. The summed E-state index contributed by atoms with van der Waals surface area (Å²) in [5.74, 6) is 0.115. The maximum atomic E-state index is 12.3. The summed E-state index contributed by atoms with van der Waals surface area (Å²) < 4.78 is 0. The van der Waals surface area contributed by atoms with Crippen molar-refractivity contribution in [3.8, 4) is 0 Å². The fourth-order valence-electron chi connectivity index (χ4n) is 3.20. The maximum Gasteiger partial charge on any atom is 0.234 e. The molecule has 2 fully saturated rings. The Labute approximate surface area is 159 Å². The third kappa shape index (κ3) is 5.69. The van der Waals surface area contributed by atoms with Crippen LogP contribution in [-0.4, -0.2) is 66.9 Å². The Bertz CT molecular complexity index is 642. The van der Waals surface area contributed by atoms with Crippen molar-refractivity contribution in [1.29, 1.82) is 0 Å². The predicted molar refractivity (Wildman–Crippen MR) is 102 cm³/mol. The van der Waals surface area contributed by atoms with E-state index in [0.29, 0.717) is 24.2 Å². The monoisotopic (exact) mass is 378 g/mol. The Kier molecular flexibility index (Phi) is 6.51. The van der Waals surface area contributed by atoms with Gasteiger partial charge >= 0.3 is 0 Å². The molecule has 2 amide bonds. The summed E-state index contributed by atoms with van der Waals surface area (Å²) in [7, 11) is 0. The molecule has 1 aliphatic carbocycles. The van der Waals surface area contributed by atoms with Crippen LogP contribution in [0.4, 0.5) is 0 Å². The van der Waals surface area contributed by atoms with Crippen LogP contribution in [0.5, 0.6) is 0 Å². The van der Waals surface area contributed by atoms with Gasteiger partial charge in [-0.2, -0.15) is 0 Å². The molecule has 2 N–H and O–H groups in total. The van der Waals surface area contributed by atoms with Crippen LogP contribution in [0.3, 0.4) is 0 Å². The lowest BCUT2D eigenvalue weighted by Crippen LogP contribution is -2.51. The molecule has 1 heterocycles. The fraction of sp³-hybridized carbons (Fsp3) is 0.579. The first-order valence-corrected chi connectivity index (χ1v) is 9.67. The van der Waals surface area contributed by atoms with Crippen LogP contribution in [0.1, 0.15) is 31.4 Å². The van der Waals surface area contributed by atoms with Gasteiger partial charge in [0.25, 0.3) is 0 Å². The van der Waals surface area contributed by atoms with Crippen molar-refractivity contribution in [2.24, 2.45) is 0 Å². The number of nitrogens with one attached hydrogen (secondary N) is 2. The minimum atomic E-state index is -0.122. The molecular weight excluding hydrogens is 352 g/mol. The largest absolute Gasteiger partial charge is 0.352 e. The summed E-state index contributed by atoms with van der Waals surface area (Å²) in [5.41, 5.74) is 0.925. The zero-order chi connectivity index (χ0) is 18.5. The summed E-state index contributed by atoms with van der Waals surface area (Å²) in [4.78, 5) is 28.5. The van der Waals surface area contributed by atoms with E-state index in [4.69, 9.17) is 11.6 Å². The zero-order valence-electron chi connectivity index (χ0n) is 15.2. The minimum Gasteiger partial charge on any atom is -0.352 e. The number of rotatable bonds is 7. The number of hydrogen-bond acceptors (Lipinski definition) is 4. The molecule has 142 valence electrons. The second-order valence-electron chi connectivity index (χ2n) is 7.20. The molecule has 1 aliphatic heterocycles. The van der Waals surface area contributed by atoms with Crippen LogP contribution in [0.15, 0.2) is 24.3 Å². The van der Waals surface area contributed by atoms with Crippen LogP contribution in [-0.2, 0) is 9.59 Å². The lowest BCUT2D eigenvalue weighted by atomic mass is 10.1. The fourth-order valence-corrected chi connectivity index (χ4v) is 3.50. The summed E-state index contributed by atoms with van der Waals surface area (Å²) in [6.07, 6.45) is 2.22. The van der Waals surface area contributed by atoms with Crippen LogP contribution >= 0.6 is 11.6 Å². The summed E-state index contributed by atoms with van der Waals surface area (Å²) in [6.45, 7) is 5.98. The van der Waals surface area contributed by atoms with E-state index < -0.39 is 0 Å². The minimum absolute atomic E-state index is 0.00246. The van der Waals surface area contributed by atoms with E-state index in [0.717, 1.165) is 44.6 Å². The molecule has 0 radical (unpaired) electrons. The number of amides is 2. The maximum absolute atomic E-state index is 12.3. The van der Waals surface area contributed by atoms with Gasteiger partial charge in [0.15, 0.2) is 0 Å². The molecule has 7 heteroatoms. The van der Waals surface area contributed by atoms with Gasteiger partial charge < -0.3 is 10.6 Å². The average molecular weight is 379 g/mol. The standard InChI is InChI=1S/C19H27ClN4O2/c1-14(16-4-2-3-5-17(16)20)21-18(25)12-23-8-10-24(11-9-23)13-19(26)22-15-6-7-15/h2-5,14-15H,6-13H2,1H3,(H,21,25)(H,22,26). The van der Waals surface area contributed by atoms with Gasteiger partial charge in [0, 0.05) is 37.2 Å². The number of piperazine rings is 1.